The molecule has 0 atom stereocenters. The molecular formula is C18H21N3. The summed E-state index contributed by atoms with van der Waals surface area (Å²) in [6, 6.07) is 14.3. The van der Waals surface area contributed by atoms with Crippen molar-refractivity contribution in [2.75, 3.05) is 13.1 Å². The zero-order valence-electron chi connectivity index (χ0n) is 12.5. The van der Waals surface area contributed by atoms with Crippen molar-refractivity contribution in [3.63, 3.8) is 0 Å². The third-order valence-corrected chi connectivity index (χ3v) is 4.38. The second-order valence-electron chi connectivity index (χ2n) is 5.96. The Kier molecular flexibility index (Phi) is 4.08. The van der Waals surface area contributed by atoms with E-state index < -0.39 is 0 Å². The molecule has 0 bridgehead atoms. The topological polar surface area (TPSA) is 32.0 Å². The van der Waals surface area contributed by atoms with Crippen LogP contribution in [-0.4, -0.2) is 22.6 Å². The molecule has 2 heterocycles. The molecule has 1 aromatic carbocycles. The maximum absolute atomic E-state index is 9.28. The van der Waals surface area contributed by atoms with Crippen LogP contribution in [0.25, 0.3) is 5.69 Å². The third kappa shape index (κ3) is 3.01. The molecule has 0 unspecified atom stereocenters. The van der Waals surface area contributed by atoms with Crippen molar-refractivity contribution >= 4 is 0 Å². The Morgan fingerprint density at radius 1 is 1.14 bits per heavy atom. The van der Waals surface area contributed by atoms with Crippen LogP contribution in [0.4, 0.5) is 0 Å². The molecule has 0 N–H and O–H groups in total. The molecule has 0 radical (unpaired) electrons. The van der Waals surface area contributed by atoms with Crippen molar-refractivity contribution in [1.82, 2.24) is 9.47 Å². The van der Waals surface area contributed by atoms with Gasteiger partial charge in [-0.3, -0.25) is 4.90 Å². The van der Waals surface area contributed by atoms with E-state index in [4.69, 9.17) is 0 Å². The van der Waals surface area contributed by atoms with Crippen LogP contribution in [0.5, 0.6) is 0 Å². The van der Waals surface area contributed by atoms with Crippen molar-refractivity contribution in [3.8, 4) is 11.8 Å². The first kappa shape index (κ1) is 13.9. The quantitative estimate of drug-likeness (QED) is 0.860. The highest BCUT2D eigenvalue weighted by Gasteiger charge is 2.17. The second kappa shape index (κ2) is 6.15. The van der Waals surface area contributed by atoms with Gasteiger partial charge in [0.25, 0.3) is 0 Å². The molecule has 1 fully saturated rings. The summed E-state index contributed by atoms with van der Waals surface area (Å²) in [6.07, 6.45) is 4.63. The van der Waals surface area contributed by atoms with Gasteiger partial charge in [0.2, 0.25) is 0 Å². The third-order valence-electron chi connectivity index (χ3n) is 4.38. The minimum atomic E-state index is 0.724. The Balaban J connectivity index is 1.83. The highest BCUT2D eigenvalue weighted by molar-refractivity contribution is 5.49. The van der Waals surface area contributed by atoms with Gasteiger partial charge >= 0.3 is 0 Å². The van der Waals surface area contributed by atoms with Crippen LogP contribution in [0.1, 0.15) is 31.0 Å². The van der Waals surface area contributed by atoms with Gasteiger partial charge in [0, 0.05) is 18.4 Å². The highest BCUT2D eigenvalue weighted by Crippen LogP contribution is 2.21. The van der Waals surface area contributed by atoms with E-state index >= 15 is 0 Å². The van der Waals surface area contributed by atoms with Gasteiger partial charge in [-0.05, 0) is 56.1 Å². The van der Waals surface area contributed by atoms with Crippen molar-refractivity contribution in [3.05, 3.63) is 53.9 Å². The van der Waals surface area contributed by atoms with E-state index in [2.05, 4.69) is 40.8 Å². The van der Waals surface area contributed by atoms with E-state index in [1.54, 1.807) is 0 Å². The predicted octanol–water partition coefficient (Wildman–Crippen LogP) is 3.58. The Morgan fingerprint density at radius 2 is 1.90 bits per heavy atom. The summed E-state index contributed by atoms with van der Waals surface area (Å²) in [7, 11) is 0. The number of hydrogen-bond acceptors (Lipinski definition) is 2. The molecule has 3 rings (SSSR count). The van der Waals surface area contributed by atoms with Crippen molar-refractivity contribution in [1.29, 1.82) is 5.26 Å². The molecular weight excluding hydrogens is 258 g/mol. The Hall–Kier alpha value is -2.05. The van der Waals surface area contributed by atoms with E-state index in [1.807, 2.05) is 24.3 Å². The van der Waals surface area contributed by atoms with Crippen LogP contribution in [0.15, 0.2) is 42.6 Å². The fraction of sp³-hybridized carbons (Fsp3) is 0.389. The van der Waals surface area contributed by atoms with Gasteiger partial charge in [0.05, 0.1) is 11.3 Å². The first-order chi connectivity index (χ1) is 10.3. The number of benzene rings is 1. The van der Waals surface area contributed by atoms with E-state index in [1.165, 1.54) is 31.6 Å². The van der Waals surface area contributed by atoms with Crippen LogP contribution in [0, 0.1) is 17.2 Å². The lowest BCUT2D eigenvalue weighted by Gasteiger charge is -2.30. The van der Waals surface area contributed by atoms with Gasteiger partial charge in [-0.25, -0.2) is 0 Å². The molecule has 3 nitrogen and oxygen atoms in total. The molecule has 21 heavy (non-hydrogen) atoms. The Bertz CT molecular complexity index is 642. The van der Waals surface area contributed by atoms with Crippen LogP contribution in [-0.2, 0) is 6.54 Å². The molecule has 0 saturated carbocycles. The fourth-order valence-corrected chi connectivity index (χ4v) is 3.01. The van der Waals surface area contributed by atoms with Crippen LogP contribution in [0.3, 0.4) is 0 Å². The molecule has 3 heteroatoms. The lowest BCUT2D eigenvalue weighted by atomic mass is 9.99. The molecule has 2 aromatic rings. The second-order valence-corrected chi connectivity index (χ2v) is 5.96. The van der Waals surface area contributed by atoms with Crippen LogP contribution >= 0.6 is 0 Å². The molecule has 0 amide bonds. The van der Waals surface area contributed by atoms with E-state index in [0.717, 1.165) is 23.7 Å². The molecule has 0 aliphatic carbocycles. The average Bonchev–Trinajstić information content (AvgIpc) is 2.97. The first-order valence-electron chi connectivity index (χ1n) is 7.66. The summed E-state index contributed by atoms with van der Waals surface area (Å²) in [6.45, 7) is 5.64. The SMILES string of the molecule is CC1CCN(Cc2cccn2-c2ccccc2C#N)CC1. The number of aromatic nitrogens is 1. The van der Waals surface area contributed by atoms with E-state index in [0.29, 0.717) is 0 Å². The van der Waals surface area contributed by atoms with Gasteiger partial charge in [-0.1, -0.05) is 19.1 Å². The number of nitriles is 1. The average molecular weight is 279 g/mol. The number of rotatable bonds is 3. The number of likely N-dealkylation sites (tertiary alicyclic amines) is 1. The molecule has 1 saturated heterocycles. The van der Waals surface area contributed by atoms with Crippen molar-refractivity contribution in [2.45, 2.75) is 26.3 Å². The minimum absolute atomic E-state index is 0.724. The molecule has 1 aromatic heterocycles. The maximum atomic E-state index is 9.28. The lowest BCUT2D eigenvalue weighted by molar-refractivity contribution is 0.182. The summed E-state index contributed by atoms with van der Waals surface area (Å²) in [5, 5.41) is 9.28. The lowest BCUT2D eigenvalue weighted by Crippen LogP contribution is -2.32. The van der Waals surface area contributed by atoms with E-state index in [9.17, 15) is 5.26 Å². The van der Waals surface area contributed by atoms with E-state index in [-0.39, 0.29) is 0 Å². The fourth-order valence-electron chi connectivity index (χ4n) is 3.01. The number of para-hydroxylation sites is 1. The number of hydrogen-bond donors (Lipinski definition) is 0. The van der Waals surface area contributed by atoms with Gasteiger partial charge in [-0.15, -0.1) is 0 Å². The summed E-state index contributed by atoms with van der Waals surface area (Å²) >= 11 is 0. The summed E-state index contributed by atoms with van der Waals surface area (Å²) in [5.74, 6) is 0.854. The standard InChI is InChI=1S/C18H21N3/c1-15-8-11-20(12-9-15)14-17-6-4-10-21(17)18-7-3-2-5-16(18)13-19/h2-7,10,15H,8-9,11-12,14H2,1H3. The number of piperidine rings is 1. The minimum Gasteiger partial charge on any atom is -0.318 e. The van der Waals surface area contributed by atoms with Gasteiger partial charge in [0.1, 0.15) is 6.07 Å². The van der Waals surface area contributed by atoms with Crippen molar-refractivity contribution in [2.24, 2.45) is 5.92 Å². The molecule has 108 valence electrons. The summed E-state index contributed by atoms with van der Waals surface area (Å²) in [4.78, 5) is 2.51. The summed E-state index contributed by atoms with van der Waals surface area (Å²) < 4.78 is 2.15. The van der Waals surface area contributed by atoms with Gasteiger partial charge < -0.3 is 4.57 Å². The van der Waals surface area contributed by atoms with Gasteiger partial charge in [-0.2, -0.15) is 5.26 Å². The maximum Gasteiger partial charge on any atom is 0.101 e. The monoisotopic (exact) mass is 279 g/mol. The largest absolute Gasteiger partial charge is 0.318 e. The van der Waals surface area contributed by atoms with Crippen LogP contribution in [0.2, 0.25) is 0 Å². The van der Waals surface area contributed by atoms with Crippen LogP contribution < -0.4 is 0 Å². The highest BCUT2D eigenvalue weighted by atomic mass is 15.1. The Labute approximate surface area is 126 Å². The van der Waals surface area contributed by atoms with Gasteiger partial charge in [0.15, 0.2) is 0 Å². The van der Waals surface area contributed by atoms with Crippen molar-refractivity contribution < 1.29 is 0 Å². The Morgan fingerprint density at radius 3 is 2.67 bits per heavy atom. The zero-order chi connectivity index (χ0) is 14.7. The molecule has 1 aliphatic rings. The summed E-state index contributed by atoms with van der Waals surface area (Å²) in [5.41, 5.74) is 2.96. The zero-order valence-corrected chi connectivity index (χ0v) is 12.5. The number of nitrogens with zero attached hydrogens (tertiary/aromatic N) is 3. The first-order valence-corrected chi connectivity index (χ1v) is 7.66. The predicted molar refractivity (Wildman–Crippen MR) is 84.2 cm³/mol. The normalized spacial score (nSPS) is 16.8. The molecule has 0 spiro atoms. The smallest absolute Gasteiger partial charge is 0.101 e. The molecule has 1 aliphatic heterocycles.